The standard InChI is InChI=1S/C19H23N3O3S/c23-18(5-1-3-16-4-2-12-26-16)22-10-11-25-17(14-22)19(24)21-13-15-6-8-20-9-7-15/h2,4,6-9,12,17H,1,3,5,10-11,13-14H2,(H,21,24). The van der Waals surface area contributed by atoms with Crippen molar-refractivity contribution in [3.63, 3.8) is 0 Å². The van der Waals surface area contributed by atoms with Gasteiger partial charge in [-0.1, -0.05) is 6.07 Å². The molecular formula is C19H23N3O3S. The summed E-state index contributed by atoms with van der Waals surface area (Å²) in [6.07, 6.45) is 5.03. The zero-order valence-electron chi connectivity index (χ0n) is 14.6. The molecule has 1 fully saturated rings. The molecule has 2 aromatic rings. The molecule has 2 aromatic heterocycles. The smallest absolute Gasteiger partial charge is 0.251 e. The molecule has 1 unspecified atom stereocenters. The topological polar surface area (TPSA) is 71.5 Å². The highest BCUT2D eigenvalue weighted by atomic mass is 32.1. The van der Waals surface area contributed by atoms with Crippen LogP contribution in [-0.4, -0.2) is 47.5 Å². The molecular weight excluding hydrogens is 350 g/mol. The molecule has 0 saturated carbocycles. The summed E-state index contributed by atoms with van der Waals surface area (Å²) in [5.74, 6) is -0.0883. The summed E-state index contributed by atoms with van der Waals surface area (Å²) in [6.45, 7) is 1.69. The predicted octanol–water partition coefficient (Wildman–Crippen LogP) is 2.01. The molecule has 1 aliphatic heterocycles. The summed E-state index contributed by atoms with van der Waals surface area (Å²) in [5.41, 5.74) is 0.977. The molecule has 0 bridgehead atoms. The van der Waals surface area contributed by atoms with Crippen molar-refractivity contribution in [2.24, 2.45) is 0 Å². The van der Waals surface area contributed by atoms with Crippen LogP contribution < -0.4 is 5.32 Å². The van der Waals surface area contributed by atoms with Crippen molar-refractivity contribution < 1.29 is 14.3 Å². The number of carbonyl (C=O) groups excluding carboxylic acids is 2. The number of morpholine rings is 1. The van der Waals surface area contributed by atoms with E-state index in [4.69, 9.17) is 4.74 Å². The number of carbonyl (C=O) groups is 2. The monoisotopic (exact) mass is 373 g/mol. The first-order valence-corrected chi connectivity index (χ1v) is 9.69. The minimum absolute atomic E-state index is 0.0942. The van der Waals surface area contributed by atoms with E-state index in [0.717, 1.165) is 18.4 Å². The second kappa shape index (κ2) is 9.45. The normalized spacial score (nSPS) is 17.1. The van der Waals surface area contributed by atoms with Crippen LogP contribution in [0.1, 0.15) is 23.3 Å². The van der Waals surface area contributed by atoms with E-state index in [1.165, 1.54) is 4.88 Å². The maximum absolute atomic E-state index is 12.4. The second-order valence-electron chi connectivity index (χ2n) is 6.21. The fraction of sp³-hybridized carbons (Fsp3) is 0.421. The molecule has 2 amide bonds. The minimum atomic E-state index is -0.605. The summed E-state index contributed by atoms with van der Waals surface area (Å²) in [4.78, 5) is 31.7. The maximum Gasteiger partial charge on any atom is 0.251 e. The number of nitrogens with one attached hydrogen (secondary N) is 1. The summed E-state index contributed by atoms with van der Waals surface area (Å²) < 4.78 is 5.56. The van der Waals surface area contributed by atoms with Gasteiger partial charge in [0.1, 0.15) is 0 Å². The lowest BCUT2D eigenvalue weighted by atomic mass is 10.1. The largest absolute Gasteiger partial charge is 0.365 e. The lowest BCUT2D eigenvalue weighted by Crippen LogP contribution is -2.51. The Balaban J connectivity index is 1.42. The maximum atomic E-state index is 12.4. The van der Waals surface area contributed by atoms with Crippen LogP contribution in [0.25, 0.3) is 0 Å². The molecule has 0 aromatic carbocycles. The fourth-order valence-corrected chi connectivity index (χ4v) is 3.62. The fourth-order valence-electron chi connectivity index (χ4n) is 2.86. The Kier molecular flexibility index (Phi) is 6.74. The Labute approximate surface area is 157 Å². The molecule has 7 heteroatoms. The first-order valence-electron chi connectivity index (χ1n) is 8.81. The molecule has 1 aliphatic rings. The van der Waals surface area contributed by atoms with Crippen molar-refractivity contribution in [3.05, 3.63) is 52.5 Å². The molecule has 1 N–H and O–H groups in total. The number of aromatic nitrogens is 1. The van der Waals surface area contributed by atoms with Crippen molar-refractivity contribution in [1.29, 1.82) is 0 Å². The van der Waals surface area contributed by atoms with E-state index in [9.17, 15) is 9.59 Å². The Morgan fingerprint density at radius 2 is 2.15 bits per heavy atom. The van der Waals surface area contributed by atoms with Gasteiger partial charge in [0.15, 0.2) is 6.10 Å². The zero-order valence-corrected chi connectivity index (χ0v) is 15.4. The summed E-state index contributed by atoms with van der Waals surface area (Å²) >= 11 is 1.72. The number of ether oxygens (including phenoxy) is 1. The van der Waals surface area contributed by atoms with Gasteiger partial charge in [-0.2, -0.15) is 0 Å². The first kappa shape index (κ1) is 18.5. The van der Waals surface area contributed by atoms with Crippen LogP contribution in [0.2, 0.25) is 0 Å². The predicted molar refractivity (Wildman–Crippen MR) is 99.7 cm³/mol. The van der Waals surface area contributed by atoms with E-state index in [-0.39, 0.29) is 11.8 Å². The highest BCUT2D eigenvalue weighted by Gasteiger charge is 2.28. The van der Waals surface area contributed by atoms with Gasteiger partial charge < -0.3 is 15.0 Å². The van der Waals surface area contributed by atoms with Crippen molar-refractivity contribution >= 4 is 23.2 Å². The molecule has 26 heavy (non-hydrogen) atoms. The van der Waals surface area contributed by atoms with E-state index in [1.807, 2.05) is 23.6 Å². The number of thiophene rings is 1. The summed E-state index contributed by atoms with van der Waals surface area (Å²) in [6, 6.07) is 7.82. The van der Waals surface area contributed by atoms with Crippen LogP contribution >= 0.6 is 11.3 Å². The Morgan fingerprint density at radius 3 is 2.92 bits per heavy atom. The Bertz CT molecular complexity index is 706. The summed E-state index contributed by atoms with van der Waals surface area (Å²) in [5, 5.41) is 4.91. The van der Waals surface area contributed by atoms with Gasteiger partial charge in [-0.3, -0.25) is 14.6 Å². The van der Waals surface area contributed by atoms with Gasteiger partial charge in [0.05, 0.1) is 13.2 Å². The molecule has 0 aliphatic carbocycles. The van der Waals surface area contributed by atoms with Crippen molar-refractivity contribution in [2.75, 3.05) is 19.7 Å². The van der Waals surface area contributed by atoms with Gasteiger partial charge in [-0.05, 0) is 42.0 Å². The average molecular weight is 373 g/mol. The molecule has 1 saturated heterocycles. The molecule has 3 heterocycles. The van der Waals surface area contributed by atoms with Crippen LogP contribution in [0.4, 0.5) is 0 Å². The number of hydrogen-bond donors (Lipinski definition) is 1. The molecule has 1 atom stereocenters. The Hall–Kier alpha value is -2.25. The van der Waals surface area contributed by atoms with E-state index in [2.05, 4.69) is 16.4 Å². The number of pyridine rings is 1. The molecule has 138 valence electrons. The van der Waals surface area contributed by atoms with Crippen LogP contribution in [0.5, 0.6) is 0 Å². The summed E-state index contributed by atoms with van der Waals surface area (Å²) in [7, 11) is 0. The second-order valence-corrected chi connectivity index (χ2v) is 7.24. The van der Waals surface area contributed by atoms with Crippen molar-refractivity contribution in [2.45, 2.75) is 31.9 Å². The van der Waals surface area contributed by atoms with E-state index < -0.39 is 6.10 Å². The van der Waals surface area contributed by atoms with Crippen molar-refractivity contribution in [3.8, 4) is 0 Å². The van der Waals surface area contributed by atoms with Gasteiger partial charge in [0, 0.05) is 36.8 Å². The van der Waals surface area contributed by atoms with E-state index in [0.29, 0.717) is 32.7 Å². The lowest BCUT2D eigenvalue weighted by molar-refractivity contribution is -0.147. The van der Waals surface area contributed by atoms with Crippen LogP contribution in [0, 0.1) is 0 Å². The van der Waals surface area contributed by atoms with Crippen LogP contribution in [0.15, 0.2) is 42.0 Å². The zero-order chi connectivity index (χ0) is 18.2. The quantitative estimate of drug-likeness (QED) is 0.806. The number of amides is 2. The van der Waals surface area contributed by atoms with E-state index >= 15 is 0 Å². The van der Waals surface area contributed by atoms with Gasteiger partial charge in [-0.25, -0.2) is 0 Å². The van der Waals surface area contributed by atoms with Crippen LogP contribution in [0.3, 0.4) is 0 Å². The molecule has 0 spiro atoms. The third-order valence-electron chi connectivity index (χ3n) is 4.32. The molecule has 6 nitrogen and oxygen atoms in total. The van der Waals surface area contributed by atoms with E-state index in [1.54, 1.807) is 28.6 Å². The number of hydrogen-bond acceptors (Lipinski definition) is 5. The molecule has 3 rings (SSSR count). The van der Waals surface area contributed by atoms with Crippen LogP contribution in [-0.2, 0) is 27.3 Å². The first-order chi connectivity index (χ1) is 12.7. The third kappa shape index (κ3) is 5.37. The van der Waals surface area contributed by atoms with Gasteiger partial charge in [0.2, 0.25) is 5.91 Å². The molecule has 0 radical (unpaired) electrons. The SMILES string of the molecule is O=C(NCc1ccncc1)C1CN(C(=O)CCCc2cccs2)CCO1. The van der Waals surface area contributed by atoms with Gasteiger partial charge in [0.25, 0.3) is 5.91 Å². The number of aryl methyl sites for hydroxylation is 1. The van der Waals surface area contributed by atoms with Crippen molar-refractivity contribution in [1.82, 2.24) is 15.2 Å². The number of nitrogens with zero attached hydrogens (tertiary/aromatic N) is 2. The highest BCUT2D eigenvalue weighted by molar-refractivity contribution is 7.09. The Morgan fingerprint density at radius 1 is 1.31 bits per heavy atom. The lowest BCUT2D eigenvalue weighted by Gasteiger charge is -2.32. The minimum Gasteiger partial charge on any atom is -0.365 e. The third-order valence-corrected chi connectivity index (χ3v) is 5.26. The average Bonchev–Trinajstić information content (AvgIpc) is 3.20. The highest BCUT2D eigenvalue weighted by Crippen LogP contribution is 2.14. The van der Waals surface area contributed by atoms with Gasteiger partial charge >= 0.3 is 0 Å². The van der Waals surface area contributed by atoms with Gasteiger partial charge in [-0.15, -0.1) is 11.3 Å². The number of rotatable bonds is 7.